The molecule has 0 aliphatic rings. The van der Waals surface area contributed by atoms with Gasteiger partial charge < -0.3 is 0 Å². The summed E-state index contributed by atoms with van der Waals surface area (Å²) in [6, 6.07) is 7.66. The van der Waals surface area contributed by atoms with Crippen molar-refractivity contribution in [2.24, 2.45) is 0 Å². The molecular formula is C9H7FO. The second-order valence-corrected chi connectivity index (χ2v) is 2.05. The first-order valence-corrected chi connectivity index (χ1v) is 3.21. The zero-order valence-corrected chi connectivity index (χ0v) is 5.83. The molecule has 1 nitrogen and oxygen atoms in total. The largest absolute Gasteiger partial charge is 0.324 e. The molecule has 0 saturated heterocycles. The van der Waals surface area contributed by atoms with Crippen LogP contribution in [0.3, 0.4) is 0 Å². The van der Waals surface area contributed by atoms with E-state index in [0.717, 1.165) is 11.6 Å². The maximum Gasteiger partial charge on any atom is 0.324 e. The van der Waals surface area contributed by atoms with Gasteiger partial charge in [0.2, 0.25) is 0 Å². The third kappa shape index (κ3) is 2.76. The van der Waals surface area contributed by atoms with Gasteiger partial charge in [-0.2, -0.15) is 4.39 Å². The quantitative estimate of drug-likeness (QED) is 0.466. The average molecular weight is 150 g/mol. The van der Waals surface area contributed by atoms with Crippen LogP contribution >= 0.6 is 0 Å². The number of halogens is 1. The second kappa shape index (κ2) is 3.66. The highest BCUT2D eigenvalue weighted by Gasteiger charge is 1.87. The van der Waals surface area contributed by atoms with Crippen molar-refractivity contribution in [3.05, 3.63) is 42.0 Å². The highest BCUT2D eigenvalue weighted by Crippen LogP contribution is 2.00. The van der Waals surface area contributed by atoms with Crippen molar-refractivity contribution in [2.75, 3.05) is 0 Å². The van der Waals surface area contributed by atoms with Gasteiger partial charge in [0.05, 0.1) is 0 Å². The first kappa shape index (κ1) is 7.66. The Balaban J connectivity index is 2.72. The summed E-state index contributed by atoms with van der Waals surface area (Å²) in [7, 11) is 0. The molecule has 0 fully saturated rings. The summed E-state index contributed by atoms with van der Waals surface area (Å²) in [6.07, 6.45) is 2.33. The standard InChI is InChI=1S/C9H7FO/c10-9(11)7-6-8-4-2-1-3-5-8/h1-7H. The van der Waals surface area contributed by atoms with Crippen LogP contribution in [0.1, 0.15) is 5.56 Å². The van der Waals surface area contributed by atoms with Crippen LogP contribution in [0.4, 0.5) is 4.39 Å². The van der Waals surface area contributed by atoms with Gasteiger partial charge in [-0.15, -0.1) is 0 Å². The number of carbonyl (C=O) groups is 1. The SMILES string of the molecule is O=C(F)C=Cc1ccccc1. The van der Waals surface area contributed by atoms with E-state index in [1.54, 1.807) is 12.1 Å². The maximum atomic E-state index is 11.7. The molecule has 1 aromatic rings. The normalized spacial score (nSPS) is 10.3. The molecule has 0 N–H and O–H groups in total. The monoisotopic (exact) mass is 150 g/mol. The first-order valence-electron chi connectivity index (χ1n) is 3.21. The van der Waals surface area contributed by atoms with Crippen molar-refractivity contribution in [3.63, 3.8) is 0 Å². The Morgan fingerprint density at radius 2 is 1.91 bits per heavy atom. The minimum Gasteiger partial charge on any atom is -0.256 e. The van der Waals surface area contributed by atoms with E-state index < -0.39 is 6.04 Å². The van der Waals surface area contributed by atoms with Crippen molar-refractivity contribution in [1.29, 1.82) is 0 Å². The van der Waals surface area contributed by atoms with Crippen LogP contribution in [0.2, 0.25) is 0 Å². The Kier molecular flexibility index (Phi) is 2.55. The number of benzene rings is 1. The lowest BCUT2D eigenvalue weighted by atomic mass is 10.2. The van der Waals surface area contributed by atoms with Crippen molar-refractivity contribution >= 4 is 12.1 Å². The Labute approximate surface area is 64.2 Å². The first-order chi connectivity index (χ1) is 5.29. The summed E-state index contributed by atoms with van der Waals surface area (Å²) in [4.78, 5) is 9.86. The van der Waals surface area contributed by atoms with Gasteiger partial charge in [-0.25, -0.2) is 0 Å². The minimum atomic E-state index is -1.42. The molecule has 0 amide bonds. The fourth-order valence-corrected chi connectivity index (χ4v) is 0.726. The smallest absolute Gasteiger partial charge is 0.256 e. The number of hydrogen-bond acceptors (Lipinski definition) is 1. The number of hydrogen-bond donors (Lipinski definition) is 0. The molecule has 0 atom stereocenters. The maximum absolute atomic E-state index is 11.7. The van der Waals surface area contributed by atoms with Gasteiger partial charge in [0.15, 0.2) is 0 Å². The molecule has 11 heavy (non-hydrogen) atoms. The molecule has 0 radical (unpaired) electrons. The molecule has 0 spiro atoms. The van der Waals surface area contributed by atoms with E-state index in [0.29, 0.717) is 0 Å². The summed E-state index contributed by atoms with van der Waals surface area (Å²) in [5.74, 6) is 0. The van der Waals surface area contributed by atoms with Crippen LogP contribution in [-0.4, -0.2) is 6.04 Å². The predicted octanol–water partition coefficient (Wildman–Crippen LogP) is 2.20. The lowest BCUT2D eigenvalue weighted by molar-refractivity contribution is -0.124. The summed E-state index contributed by atoms with van der Waals surface area (Å²) >= 11 is 0. The van der Waals surface area contributed by atoms with E-state index in [9.17, 15) is 9.18 Å². The molecule has 0 aliphatic heterocycles. The third-order valence-electron chi connectivity index (χ3n) is 1.21. The van der Waals surface area contributed by atoms with Crippen molar-refractivity contribution < 1.29 is 9.18 Å². The van der Waals surface area contributed by atoms with Gasteiger partial charge in [-0.3, -0.25) is 4.79 Å². The molecular weight excluding hydrogens is 143 g/mol. The van der Waals surface area contributed by atoms with E-state index in [1.165, 1.54) is 6.08 Å². The molecule has 0 bridgehead atoms. The van der Waals surface area contributed by atoms with Crippen LogP contribution in [0.15, 0.2) is 36.4 Å². The lowest BCUT2D eigenvalue weighted by Crippen LogP contribution is -1.76. The van der Waals surface area contributed by atoms with Crippen LogP contribution in [-0.2, 0) is 4.79 Å². The van der Waals surface area contributed by atoms with E-state index in [2.05, 4.69) is 0 Å². The molecule has 0 heterocycles. The van der Waals surface area contributed by atoms with E-state index in [-0.39, 0.29) is 0 Å². The van der Waals surface area contributed by atoms with Crippen LogP contribution in [0.25, 0.3) is 6.08 Å². The van der Waals surface area contributed by atoms with E-state index in [4.69, 9.17) is 0 Å². The fraction of sp³-hybridized carbons (Fsp3) is 0. The topological polar surface area (TPSA) is 17.1 Å². The Morgan fingerprint density at radius 1 is 1.27 bits per heavy atom. The molecule has 0 aliphatic carbocycles. The second-order valence-electron chi connectivity index (χ2n) is 2.05. The van der Waals surface area contributed by atoms with Crippen LogP contribution in [0, 0.1) is 0 Å². The molecule has 0 saturated carbocycles. The number of allylic oxidation sites excluding steroid dienone is 1. The zero-order valence-electron chi connectivity index (χ0n) is 5.83. The van der Waals surface area contributed by atoms with E-state index in [1.807, 2.05) is 18.2 Å². The van der Waals surface area contributed by atoms with Crippen LogP contribution in [0.5, 0.6) is 0 Å². The molecule has 2 heteroatoms. The summed E-state index contributed by atoms with van der Waals surface area (Å²) in [5, 5.41) is 0. The average Bonchev–Trinajstić information content (AvgIpc) is 2.03. The van der Waals surface area contributed by atoms with Crippen molar-refractivity contribution in [2.45, 2.75) is 0 Å². The molecule has 1 aromatic carbocycles. The minimum absolute atomic E-state index is 0.818. The molecule has 1 rings (SSSR count). The van der Waals surface area contributed by atoms with Gasteiger partial charge in [0.25, 0.3) is 0 Å². The fourth-order valence-electron chi connectivity index (χ4n) is 0.726. The van der Waals surface area contributed by atoms with Gasteiger partial charge >= 0.3 is 6.04 Å². The molecule has 56 valence electrons. The van der Waals surface area contributed by atoms with Gasteiger partial charge in [-0.05, 0) is 11.6 Å². The van der Waals surface area contributed by atoms with Gasteiger partial charge in [0, 0.05) is 6.08 Å². The molecule has 0 unspecified atom stereocenters. The number of rotatable bonds is 2. The van der Waals surface area contributed by atoms with Gasteiger partial charge in [-0.1, -0.05) is 30.3 Å². The highest BCUT2D eigenvalue weighted by molar-refractivity contribution is 5.85. The lowest BCUT2D eigenvalue weighted by Gasteiger charge is -1.87. The van der Waals surface area contributed by atoms with Crippen molar-refractivity contribution in [1.82, 2.24) is 0 Å². The third-order valence-corrected chi connectivity index (χ3v) is 1.21. The Bertz CT molecular complexity index is 264. The van der Waals surface area contributed by atoms with Gasteiger partial charge in [0.1, 0.15) is 0 Å². The Hall–Kier alpha value is -1.44. The highest BCUT2D eigenvalue weighted by atomic mass is 19.1. The summed E-state index contributed by atoms with van der Waals surface area (Å²) < 4.78 is 11.7. The van der Waals surface area contributed by atoms with Crippen molar-refractivity contribution in [3.8, 4) is 0 Å². The zero-order chi connectivity index (χ0) is 8.10. The van der Waals surface area contributed by atoms with Crippen LogP contribution < -0.4 is 0 Å². The predicted molar refractivity (Wildman–Crippen MR) is 41.6 cm³/mol. The summed E-state index contributed by atoms with van der Waals surface area (Å²) in [5.41, 5.74) is 0.818. The molecule has 0 aromatic heterocycles. The summed E-state index contributed by atoms with van der Waals surface area (Å²) in [6.45, 7) is 0. The Morgan fingerprint density at radius 3 is 2.45 bits per heavy atom. The van der Waals surface area contributed by atoms with E-state index >= 15 is 0 Å². The number of carbonyl (C=O) groups excluding carboxylic acids is 1.